The van der Waals surface area contributed by atoms with Gasteiger partial charge in [-0.3, -0.25) is 9.48 Å². The number of amides is 1. The second-order valence-corrected chi connectivity index (χ2v) is 8.14. The molecule has 0 bridgehead atoms. The third-order valence-corrected chi connectivity index (χ3v) is 6.07. The lowest BCUT2D eigenvalue weighted by Gasteiger charge is -2.47. The molecule has 0 atom stereocenters. The number of hydrogen-bond donors (Lipinski definition) is 0. The molecule has 1 aromatic heterocycles. The van der Waals surface area contributed by atoms with Crippen molar-refractivity contribution in [3.8, 4) is 0 Å². The van der Waals surface area contributed by atoms with Crippen molar-refractivity contribution in [2.75, 3.05) is 46.4 Å². The quantitative estimate of drug-likeness (QED) is 0.666. The smallest absolute Gasteiger partial charge is 0.222 e. The fraction of sp³-hybridized carbons (Fsp3) is 0.800. The molecule has 2 aliphatic heterocycles. The van der Waals surface area contributed by atoms with E-state index in [4.69, 9.17) is 4.74 Å². The molecule has 26 heavy (non-hydrogen) atoms. The van der Waals surface area contributed by atoms with Crippen LogP contribution in [0.1, 0.15) is 44.1 Å². The van der Waals surface area contributed by atoms with E-state index in [-0.39, 0.29) is 0 Å². The number of carbonyl (C=O) groups is 1. The maximum absolute atomic E-state index is 12.2. The van der Waals surface area contributed by atoms with E-state index in [0.29, 0.717) is 11.3 Å². The highest BCUT2D eigenvalue weighted by molar-refractivity contribution is 5.77. The van der Waals surface area contributed by atoms with Gasteiger partial charge in [-0.25, -0.2) is 0 Å². The van der Waals surface area contributed by atoms with Crippen LogP contribution in [0.25, 0.3) is 0 Å². The van der Waals surface area contributed by atoms with E-state index in [9.17, 15) is 4.79 Å². The Hall–Kier alpha value is -1.40. The molecule has 146 valence electrons. The van der Waals surface area contributed by atoms with Crippen LogP contribution in [0.15, 0.2) is 12.4 Å². The summed E-state index contributed by atoms with van der Waals surface area (Å²) < 4.78 is 7.19. The van der Waals surface area contributed by atoms with Crippen molar-refractivity contribution < 1.29 is 9.53 Å². The normalized spacial score (nSPS) is 20.8. The number of rotatable bonds is 8. The molecular formula is C20H34N4O2. The van der Waals surface area contributed by atoms with Gasteiger partial charge in [0.2, 0.25) is 5.91 Å². The minimum absolute atomic E-state index is 0.337. The molecule has 2 fully saturated rings. The second kappa shape index (κ2) is 9.00. The van der Waals surface area contributed by atoms with Crippen molar-refractivity contribution in [3.05, 3.63) is 18.0 Å². The molecule has 0 saturated carbocycles. The van der Waals surface area contributed by atoms with E-state index >= 15 is 0 Å². The fourth-order valence-electron chi connectivity index (χ4n) is 4.41. The lowest BCUT2D eigenvalue weighted by atomic mass is 9.72. The van der Waals surface area contributed by atoms with Crippen LogP contribution in [0.4, 0.5) is 0 Å². The summed E-state index contributed by atoms with van der Waals surface area (Å²) in [6.07, 6.45) is 10.4. The molecular weight excluding hydrogens is 328 g/mol. The third kappa shape index (κ3) is 5.07. The maximum Gasteiger partial charge on any atom is 0.222 e. The van der Waals surface area contributed by atoms with Gasteiger partial charge in [-0.2, -0.15) is 5.10 Å². The van der Waals surface area contributed by atoms with Gasteiger partial charge in [0.25, 0.3) is 0 Å². The minimum Gasteiger partial charge on any atom is -0.385 e. The molecule has 0 radical (unpaired) electrons. The van der Waals surface area contributed by atoms with Gasteiger partial charge >= 0.3 is 0 Å². The monoisotopic (exact) mass is 362 g/mol. The number of ether oxygens (including phenoxy) is 1. The summed E-state index contributed by atoms with van der Waals surface area (Å²) in [5, 5.41) is 4.36. The number of piperidine rings is 2. The van der Waals surface area contributed by atoms with E-state index in [1.165, 1.54) is 18.4 Å². The molecule has 1 amide bonds. The number of aryl methyl sites for hydroxylation is 2. The lowest BCUT2D eigenvalue weighted by molar-refractivity contribution is -0.139. The number of nitrogens with zero attached hydrogens (tertiary/aromatic N) is 4. The third-order valence-electron chi connectivity index (χ3n) is 6.07. The highest BCUT2D eigenvalue weighted by Crippen LogP contribution is 2.40. The summed E-state index contributed by atoms with van der Waals surface area (Å²) in [6.45, 7) is 9.10. The first-order valence-electron chi connectivity index (χ1n) is 10.1. The second-order valence-electron chi connectivity index (χ2n) is 8.14. The van der Waals surface area contributed by atoms with Gasteiger partial charge in [0.05, 0.1) is 6.20 Å². The van der Waals surface area contributed by atoms with Crippen molar-refractivity contribution in [2.24, 2.45) is 5.41 Å². The molecule has 0 aliphatic carbocycles. The van der Waals surface area contributed by atoms with Crippen LogP contribution >= 0.6 is 0 Å². The van der Waals surface area contributed by atoms with E-state index in [1.807, 2.05) is 10.9 Å². The van der Waals surface area contributed by atoms with Gasteiger partial charge in [-0.15, -0.1) is 0 Å². The van der Waals surface area contributed by atoms with E-state index < -0.39 is 0 Å². The van der Waals surface area contributed by atoms with Crippen LogP contribution in [0.2, 0.25) is 0 Å². The van der Waals surface area contributed by atoms with E-state index in [2.05, 4.69) is 28.0 Å². The summed E-state index contributed by atoms with van der Waals surface area (Å²) >= 11 is 0. The summed E-state index contributed by atoms with van der Waals surface area (Å²) in [5.74, 6) is 0.337. The minimum atomic E-state index is 0.337. The van der Waals surface area contributed by atoms with Gasteiger partial charge in [-0.1, -0.05) is 0 Å². The van der Waals surface area contributed by atoms with Crippen LogP contribution in [0.5, 0.6) is 0 Å². The molecule has 0 unspecified atom stereocenters. The van der Waals surface area contributed by atoms with Crippen LogP contribution in [-0.2, 0) is 16.1 Å². The number of carbonyl (C=O) groups excluding carboxylic acids is 1. The largest absolute Gasteiger partial charge is 0.385 e. The number of likely N-dealkylation sites (tertiary alicyclic amines) is 2. The van der Waals surface area contributed by atoms with E-state index in [1.54, 1.807) is 7.11 Å². The number of aromatic nitrogens is 2. The average molecular weight is 363 g/mol. The Kier molecular flexibility index (Phi) is 6.70. The summed E-state index contributed by atoms with van der Waals surface area (Å²) in [4.78, 5) is 16.9. The summed E-state index contributed by atoms with van der Waals surface area (Å²) in [5.41, 5.74) is 1.59. The maximum atomic E-state index is 12.2. The molecule has 3 heterocycles. The Morgan fingerprint density at radius 2 is 1.96 bits per heavy atom. The number of methoxy groups -OCH3 is 1. The molecule has 2 aliphatic rings. The van der Waals surface area contributed by atoms with E-state index in [0.717, 1.165) is 71.6 Å². The van der Waals surface area contributed by atoms with Crippen molar-refractivity contribution >= 4 is 5.91 Å². The van der Waals surface area contributed by atoms with Gasteiger partial charge in [0.15, 0.2) is 0 Å². The molecule has 3 rings (SSSR count). The molecule has 1 spiro atoms. The van der Waals surface area contributed by atoms with Crippen molar-refractivity contribution in [3.63, 3.8) is 0 Å². The fourth-order valence-corrected chi connectivity index (χ4v) is 4.41. The summed E-state index contributed by atoms with van der Waals surface area (Å²) in [7, 11) is 1.72. The average Bonchev–Trinajstić information content (AvgIpc) is 3.05. The Morgan fingerprint density at radius 3 is 2.65 bits per heavy atom. The van der Waals surface area contributed by atoms with Crippen molar-refractivity contribution in [1.82, 2.24) is 19.6 Å². The van der Waals surface area contributed by atoms with Crippen LogP contribution < -0.4 is 0 Å². The van der Waals surface area contributed by atoms with Crippen LogP contribution in [-0.4, -0.2) is 71.9 Å². The Balaban J connectivity index is 1.41. The predicted octanol–water partition coefficient (Wildman–Crippen LogP) is 2.32. The molecule has 1 aromatic rings. The van der Waals surface area contributed by atoms with Crippen molar-refractivity contribution in [2.45, 2.75) is 52.0 Å². The molecule has 0 aromatic carbocycles. The number of hydrogen-bond acceptors (Lipinski definition) is 4. The van der Waals surface area contributed by atoms with Crippen molar-refractivity contribution in [1.29, 1.82) is 0 Å². The van der Waals surface area contributed by atoms with Crippen LogP contribution in [0, 0.1) is 12.3 Å². The lowest BCUT2D eigenvalue weighted by Crippen LogP contribution is -2.51. The van der Waals surface area contributed by atoms with Gasteiger partial charge in [0, 0.05) is 46.0 Å². The molecule has 0 N–H and O–H groups in total. The zero-order chi connectivity index (χ0) is 18.4. The molecule has 2 saturated heterocycles. The zero-order valence-corrected chi connectivity index (χ0v) is 16.5. The topological polar surface area (TPSA) is 50.6 Å². The van der Waals surface area contributed by atoms with Gasteiger partial charge < -0.3 is 14.5 Å². The highest BCUT2D eigenvalue weighted by Gasteiger charge is 2.40. The SMILES string of the molecule is COCCCN1CC2(CCC1=O)CCN(CCCn1cc(C)cn1)CC2. The zero-order valence-electron chi connectivity index (χ0n) is 16.5. The van der Waals surface area contributed by atoms with Gasteiger partial charge in [-0.05, 0) is 69.6 Å². The van der Waals surface area contributed by atoms with Crippen LogP contribution in [0.3, 0.4) is 0 Å². The Labute approximate surface area is 157 Å². The Morgan fingerprint density at radius 1 is 1.15 bits per heavy atom. The standard InChI is InChI=1S/C20H34N4O2/c1-18-15-21-24(16-18)11-3-9-22-12-7-20(8-13-22)6-5-19(25)23(17-20)10-4-14-26-2/h15-16H,3-14,17H2,1-2H3. The Bertz CT molecular complexity index is 578. The molecule has 6 heteroatoms. The first kappa shape index (κ1) is 19.4. The summed E-state index contributed by atoms with van der Waals surface area (Å²) in [6, 6.07) is 0. The highest BCUT2D eigenvalue weighted by atomic mass is 16.5. The first-order chi connectivity index (χ1) is 12.6. The first-order valence-corrected chi connectivity index (χ1v) is 10.1. The predicted molar refractivity (Wildman–Crippen MR) is 102 cm³/mol. The van der Waals surface area contributed by atoms with Gasteiger partial charge in [0.1, 0.15) is 0 Å². The molecule has 6 nitrogen and oxygen atoms in total.